The van der Waals surface area contributed by atoms with Gasteiger partial charge < -0.3 is 9.64 Å². The molecule has 19 heavy (non-hydrogen) atoms. The molecule has 1 aromatic rings. The zero-order chi connectivity index (χ0) is 13.8. The first-order valence-corrected chi connectivity index (χ1v) is 5.96. The Balaban J connectivity index is 2.45. The minimum Gasteiger partial charge on any atom is -0.380 e. The number of ether oxygens (including phenoxy) is 1. The smallest absolute Gasteiger partial charge is 0.332 e. The Morgan fingerprint density at radius 2 is 2.21 bits per heavy atom. The Morgan fingerprint density at radius 3 is 2.89 bits per heavy atom. The van der Waals surface area contributed by atoms with Crippen LogP contribution in [0.1, 0.15) is 12.1 Å². The second-order valence-corrected chi connectivity index (χ2v) is 4.16. The molecule has 0 amide bonds. The quantitative estimate of drug-likeness (QED) is 0.453. The van der Waals surface area contributed by atoms with Gasteiger partial charge in [-0.25, -0.2) is 10.8 Å². The first-order valence-electron chi connectivity index (χ1n) is 5.96. The molecule has 2 rings (SSSR count). The highest BCUT2D eigenvalue weighted by Gasteiger charge is 2.26. The van der Waals surface area contributed by atoms with E-state index in [9.17, 15) is 10.1 Å². The predicted octanol–water partition coefficient (Wildman–Crippen LogP) is 0.206. The van der Waals surface area contributed by atoms with Gasteiger partial charge in [0.2, 0.25) is 11.8 Å². The average Bonchev–Trinajstić information content (AvgIpc) is 2.65. The summed E-state index contributed by atoms with van der Waals surface area (Å²) in [6.45, 7) is 3.95. The summed E-state index contributed by atoms with van der Waals surface area (Å²) in [5.41, 5.74) is 2.53. The molecule has 0 unspecified atom stereocenters. The number of nitrogens with one attached hydrogen (secondary N) is 1. The lowest BCUT2D eigenvalue weighted by Gasteiger charge is -2.21. The number of rotatable bonds is 3. The third-order valence-corrected chi connectivity index (χ3v) is 2.87. The lowest BCUT2D eigenvalue weighted by Crippen LogP contribution is -2.28. The number of hydrazine groups is 1. The zero-order valence-electron chi connectivity index (χ0n) is 10.6. The topological polar surface area (TPSA) is 119 Å². The molecule has 0 aromatic carbocycles. The fourth-order valence-electron chi connectivity index (χ4n) is 2.01. The monoisotopic (exact) mass is 268 g/mol. The number of nitrogens with zero attached hydrogens (tertiary/aromatic N) is 4. The van der Waals surface area contributed by atoms with Crippen LogP contribution in [0.2, 0.25) is 0 Å². The van der Waals surface area contributed by atoms with E-state index in [-0.39, 0.29) is 23.1 Å². The molecule has 3 N–H and O–H groups in total. The number of aryl methyl sites for hydroxylation is 1. The van der Waals surface area contributed by atoms with Crippen LogP contribution in [0.15, 0.2) is 0 Å². The van der Waals surface area contributed by atoms with Crippen molar-refractivity contribution in [1.29, 1.82) is 0 Å². The lowest BCUT2D eigenvalue weighted by atomic mass is 10.3. The van der Waals surface area contributed by atoms with Crippen LogP contribution in [-0.4, -0.2) is 41.2 Å². The van der Waals surface area contributed by atoms with Crippen molar-refractivity contribution in [2.24, 2.45) is 5.84 Å². The number of nitrogen functional groups attached to an aromatic ring is 1. The van der Waals surface area contributed by atoms with Crippen molar-refractivity contribution < 1.29 is 9.66 Å². The van der Waals surface area contributed by atoms with Crippen molar-refractivity contribution in [2.45, 2.75) is 13.3 Å². The molecule has 0 radical (unpaired) electrons. The highest BCUT2D eigenvalue weighted by molar-refractivity contribution is 5.62. The molecule has 2 heterocycles. The molecule has 1 aromatic heterocycles. The van der Waals surface area contributed by atoms with Gasteiger partial charge in [-0.15, -0.1) is 0 Å². The first-order chi connectivity index (χ1) is 9.13. The number of anilines is 2. The molecule has 1 saturated heterocycles. The number of hydrogen-bond acceptors (Lipinski definition) is 8. The van der Waals surface area contributed by atoms with E-state index in [1.54, 1.807) is 6.92 Å². The molecule has 9 heteroatoms. The lowest BCUT2D eigenvalue weighted by molar-refractivity contribution is -0.385. The summed E-state index contributed by atoms with van der Waals surface area (Å²) >= 11 is 0. The van der Waals surface area contributed by atoms with Crippen LogP contribution in [0.25, 0.3) is 0 Å². The predicted molar refractivity (Wildman–Crippen MR) is 68.9 cm³/mol. The van der Waals surface area contributed by atoms with E-state index in [0.717, 1.165) is 6.42 Å². The Bertz CT molecular complexity index is 473. The molecular weight excluding hydrogens is 252 g/mol. The maximum absolute atomic E-state index is 11.2. The van der Waals surface area contributed by atoms with Crippen molar-refractivity contribution in [3.05, 3.63) is 15.8 Å². The summed E-state index contributed by atoms with van der Waals surface area (Å²) < 4.78 is 5.34. The fourth-order valence-corrected chi connectivity index (χ4v) is 2.01. The van der Waals surface area contributed by atoms with Gasteiger partial charge >= 0.3 is 5.69 Å². The molecule has 0 atom stereocenters. The number of nitro groups is 1. The van der Waals surface area contributed by atoms with Crippen LogP contribution in [-0.2, 0) is 4.74 Å². The van der Waals surface area contributed by atoms with E-state index in [0.29, 0.717) is 26.3 Å². The Morgan fingerprint density at radius 1 is 1.42 bits per heavy atom. The van der Waals surface area contributed by atoms with Gasteiger partial charge in [-0.05, 0) is 13.3 Å². The summed E-state index contributed by atoms with van der Waals surface area (Å²) in [6.07, 6.45) is 0.797. The van der Waals surface area contributed by atoms with Gasteiger partial charge in [0.05, 0.1) is 11.5 Å². The van der Waals surface area contributed by atoms with Crippen molar-refractivity contribution in [3.8, 4) is 0 Å². The minimum atomic E-state index is -0.462. The Hall–Kier alpha value is -2.00. The molecule has 1 aliphatic rings. The van der Waals surface area contributed by atoms with Crippen molar-refractivity contribution in [2.75, 3.05) is 36.6 Å². The van der Waals surface area contributed by atoms with E-state index < -0.39 is 4.92 Å². The average molecular weight is 268 g/mol. The maximum atomic E-state index is 11.2. The maximum Gasteiger partial charge on any atom is 0.332 e. The van der Waals surface area contributed by atoms with E-state index in [2.05, 4.69) is 15.4 Å². The van der Waals surface area contributed by atoms with Crippen LogP contribution in [0.4, 0.5) is 17.5 Å². The number of aromatic nitrogens is 2. The Labute approximate surface area is 109 Å². The number of nitrogens with two attached hydrogens (primary N) is 1. The molecule has 1 fully saturated rings. The molecule has 0 aliphatic carbocycles. The number of hydrogen-bond donors (Lipinski definition) is 2. The first kappa shape index (κ1) is 13.4. The van der Waals surface area contributed by atoms with E-state index >= 15 is 0 Å². The molecule has 104 valence electrons. The van der Waals surface area contributed by atoms with Crippen LogP contribution < -0.4 is 16.2 Å². The molecule has 0 bridgehead atoms. The SMILES string of the molecule is Cc1nc(NN)nc(N2CCCOCC2)c1[N+](=O)[O-]. The fraction of sp³-hybridized carbons (Fsp3) is 0.600. The van der Waals surface area contributed by atoms with E-state index in [4.69, 9.17) is 10.6 Å². The highest BCUT2D eigenvalue weighted by Crippen LogP contribution is 2.30. The molecule has 9 nitrogen and oxygen atoms in total. The van der Waals surface area contributed by atoms with Crippen LogP contribution in [0.5, 0.6) is 0 Å². The third kappa shape index (κ3) is 2.88. The van der Waals surface area contributed by atoms with Gasteiger partial charge in [0.1, 0.15) is 5.69 Å². The normalized spacial score (nSPS) is 16.0. The second kappa shape index (κ2) is 5.76. The summed E-state index contributed by atoms with van der Waals surface area (Å²) in [5.74, 6) is 5.74. The largest absolute Gasteiger partial charge is 0.380 e. The van der Waals surface area contributed by atoms with Crippen LogP contribution >= 0.6 is 0 Å². The minimum absolute atomic E-state index is 0.0825. The zero-order valence-corrected chi connectivity index (χ0v) is 10.6. The molecule has 0 spiro atoms. The summed E-state index contributed by atoms with van der Waals surface area (Å²) in [4.78, 5) is 20.6. The van der Waals surface area contributed by atoms with Crippen LogP contribution in [0.3, 0.4) is 0 Å². The van der Waals surface area contributed by atoms with Gasteiger partial charge in [0.15, 0.2) is 0 Å². The second-order valence-electron chi connectivity index (χ2n) is 4.16. The molecular formula is C10H16N6O3. The summed E-state index contributed by atoms with van der Waals surface area (Å²) in [7, 11) is 0. The third-order valence-electron chi connectivity index (χ3n) is 2.87. The highest BCUT2D eigenvalue weighted by atomic mass is 16.6. The van der Waals surface area contributed by atoms with Gasteiger partial charge in [-0.2, -0.15) is 4.98 Å². The van der Waals surface area contributed by atoms with Crippen molar-refractivity contribution in [1.82, 2.24) is 9.97 Å². The molecule has 1 aliphatic heterocycles. The summed E-state index contributed by atoms with van der Waals surface area (Å²) in [6, 6.07) is 0. The van der Waals surface area contributed by atoms with Crippen LogP contribution in [0, 0.1) is 17.0 Å². The van der Waals surface area contributed by atoms with Crippen molar-refractivity contribution in [3.63, 3.8) is 0 Å². The van der Waals surface area contributed by atoms with Gasteiger partial charge in [-0.3, -0.25) is 15.5 Å². The van der Waals surface area contributed by atoms with Crippen molar-refractivity contribution >= 4 is 17.5 Å². The summed E-state index contributed by atoms with van der Waals surface area (Å²) in [5, 5.41) is 11.2. The van der Waals surface area contributed by atoms with Gasteiger partial charge in [0, 0.05) is 19.7 Å². The van der Waals surface area contributed by atoms with Gasteiger partial charge in [0.25, 0.3) is 0 Å². The van der Waals surface area contributed by atoms with E-state index in [1.807, 2.05) is 4.90 Å². The standard InChI is InChI=1S/C10H16N6O3/c1-7-8(16(17)18)9(13-10(12-7)14-11)15-3-2-5-19-6-4-15/h2-6,11H2,1H3,(H,12,13,14). The molecule has 0 saturated carbocycles. The Kier molecular flexibility index (Phi) is 4.07. The van der Waals surface area contributed by atoms with E-state index in [1.165, 1.54) is 0 Å². The van der Waals surface area contributed by atoms with Gasteiger partial charge in [-0.1, -0.05) is 0 Å².